The van der Waals surface area contributed by atoms with E-state index in [9.17, 15) is 10.2 Å². The average Bonchev–Trinajstić information content (AvgIpc) is 2.69. The van der Waals surface area contributed by atoms with Gasteiger partial charge in [-0.15, -0.1) is 0 Å². The molecule has 26 heavy (non-hydrogen) atoms. The van der Waals surface area contributed by atoms with E-state index >= 15 is 0 Å². The van der Waals surface area contributed by atoms with Crippen LogP contribution in [0, 0.1) is 0 Å². The molecule has 0 aliphatic carbocycles. The van der Waals surface area contributed by atoms with Crippen LogP contribution in [-0.2, 0) is 0 Å². The zero-order chi connectivity index (χ0) is 17.9. The summed E-state index contributed by atoms with van der Waals surface area (Å²) in [5.74, 6) is 0.327. The third kappa shape index (κ3) is 3.02. The lowest BCUT2D eigenvalue weighted by molar-refractivity contribution is 0.471. The van der Waals surface area contributed by atoms with Gasteiger partial charge in [0.2, 0.25) is 0 Å². The molecule has 2 heterocycles. The van der Waals surface area contributed by atoms with Gasteiger partial charge in [0.05, 0.1) is 11.7 Å². The molecular weight excluding hydrogens is 326 g/mol. The maximum Gasteiger partial charge on any atom is 0.147 e. The molecular formula is C21H17N3O2. The van der Waals surface area contributed by atoms with Crippen molar-refractivity contribution in [2.75, 3.05) is 5.32 Å². The zero-order valence-electron chi connectivity index (χ0n) is 13.9. The second-order valence-electron chi connectivity index (χ2n) is 5.96. The van der Waals surface area contributed by atoms with Crippen molar-refractivity contribution in [1.82, 2.24) is 9.97 Å². The minimum atomic E-state index is -0.368. The first-order valence-corrected chi connectivity index (χ1v) is 8.25. The zero-order valence-corrected chi connectivity index (χ0v) is 13.9. The Morgan fingerprint density at radius 3 is 2.35 bits per heavy atom. The average molecular weight is 343 g/mol. The molecule has 0 fully saturated rings. The highest BCUT2D eigenvalue weighted by atomic mass is 16.3. The van der Waals surface area contributed by atoms with Crippen LogP contribution < -0.4 is 5.32 Å². The maximum absolute atomic E-state index is 10.8. The molecule has 5 nitrogen and oxygen atoms in total. The van der Waals surface area contributed by atoms with Crippen LogP contribution in [0.2, 0.25) is 0 Å². The molecule has 2 aromatic heterocycles. The third-order valence-corrected chi connectivity index (χ3v) is 4.25. The molecule has 0 saturated heterocycles. The van der Waals surface area contributed by atoms with Gasteiger partial charge in [-0.25, -0.2) is 0 Å². The lowest BCUT2D eigenvalue weighted by Gasteiger charge is -2.21. The van der Waals surface area contributed by atoms with Crippen molar-refractivity contribution in [2.24, 2.45) is 0 Å². The van der Waals surface area contributed by atoms with Crippen LogP contribution in [0.25, 0.3) is 10.9 Å². The second-order valence-corrected chi connectivity index (χ2v) is 5.96. The number of phenolic OH excluding ortho intramolecular Hbond substituents is 2. The fourth-order valence-electron chi connectivity index (χ4n) is 2.96. The van der Waals surface area contributed by atoms with Crippen molar-refractivity contribution in [3.63, 3.8) is 0 Å². The van der Waals surface area contributed by atoms with Crippen molar-refractivity contribution in [2.45, 2.75) is 6.04 Å². The molecule has 128 valence electrons. The smallest absolute Gasteiger partial charge is 0.147 e. The second kappa shape index (κ2) is 6.72. The van der Waals surface area contributed by atoms with Gasteiger partial charge in [0.1, 0.15) is 17.0 Å². The van der Waals surface area contributed by atoms with Crippen LogP contribution in [0.5, 0.6) is 11.5 Å². The normalized spacial score (nSPS) is 12.0. The van der Waals surface area contributed by atoms with Gasteiger partial charge in [0.25, 0.3) is 0 Å². The molecule has 0 radical (unpaired) electrons. The summed E-state index contributed by atoms with van der Waals surface area (Å²) in [6.45, 7) is 0. The number of nitrogens with zero attached hydrogens (tertiary/aromatic N) is 2. The van der Waals surface area contributed by atoms with Gasteiger partial charge in [0.15, 0.2) is 0 Å². The Hall–Kier alpha value is -3.60. The number of aromatic hydroxyl groups is 2. The number of phenols is 2. The van der Waals surface area contributed by atoms with E-state index in [0.29, 0.717) is 11.1 Å². The van der Waals surface area contributed by atoms with E-state index in [1.54, 1.807) is 36.7 Å². The highest BCUT2D eigenvalue weighted by Gasteiger charge is 2.20. The van der Waals surface area contributed by atoms with Gasteiger partial charge in [0, 0.05) is 29.0 Å². The molecule has 0 bridgehead atoms. The third-order valence-electron chi connectivity index (χ3n) is 4.25. The number of anilines is 1. The molecule has 0 saturated carbocycles. The van der Waals surface area contributed by atoms with Crippen LogP contribution in [0.15, 0.2) is 79.1 Å². The molecule has 0 aliphatic heterocycles. The van der Waals surface area contributed by atoms with E-state index in [0.717, 1.165) is 16.8 Å². The van der Waals surface area contributed by atoms with E-state index in [1.165, 1.54) is 0 Å². The van der Waals surface area contributed by atoms with Crippen molar-refractivity contribution >= 4 is 16.6 Å². The van der Waals surface area contributed by atoms with E-state index in [2.05, 4.69) is 15.3 Å². The first-order valence-electron chi connectivity index (χ1n) is 8.25. The van der Waals surface area contributed by atoms with Gasteiger partial charge >= 0.3 is 0 Å². The SMILES string of the molecule is Oc1ccc(NC(c2ccccn2)c2ccc3cccnc3c2O)cc1. The highest BCUT2D eigenvalue weighted by molar-refractivity contribution is 5.85. The van der Waals surface area contributed by atoms with Gasteiger partial charge in [-0.05, 0) is 42.5 Å². The summed E-state index contributed by atoms with van der Waals surface area (Å²) in [7, 11) is 0. The number of hydrogen-bond donors (Lipinski definition) is 3. The van der Waals surface area contributed by atoms with Crippen LogP contribution in [0.4, 0.5) is 5.69 Å². The number of hydrogen-bond acceptors (Lipinski definition) is 5. The molecule has 0 spiro atoms. The number of benzene rings is 2. The predicted molar refractivity (Wildman–Crippen MR) is 101 cm³/mol. The number of aromatic nitrogens is 2. The standard InChI is InChI=1S/C21H17N3O2/c25-16-9-7-15(8-10-16)24-20(18-5-1-2-12-22-18)17-11-6-14-4-3-13-23-19(14)21(17)26/h1-13,20,24-26H. The first-order chi connectivity index (χ1) is 12.7. The molecule has 0 aliphatic rings. The molecule has 4 aromatic rings. The summed E-state index contributed by atoms with van der Waals surface area (Å²) in [4.78, 5) is 8.75. The minimum Gasteiger partial charge on any atom is -0.508 e. The van der Waals surface area contributed by atoms with E-state index in [4.69, 9.17) is 0 Å². The minimum absolute atomic E-state index is 0.130. The Morgan fingerprint density at radius 1 is 0.769 bits per heavy atom. The van der Waals surface area contributed by atoms with E-state index < -0.39 is 0 Å². The molecule has 5 heteroatoms. The van der Waals surface area contributed by atoms with Crippen LogP contribution in [-0.4, -0.2) is 20.2 Å². The predicted octanol–water partition coefficient (Wildman–Crippen LogP) is 4.24. The van der Waals surface area contributed by atoms with Gasteiger partial charge < -0.3 is 15.5 Å². The summed E-state index contributed by atoms with van der Waals surface area (Å²) < 4.78 is 0. The van der Waals surface area contributed by atoms with Crippen LogP contribution >= 0.6 is 0 Å². The Morgan fingerprint density at radius 2 is 1.58 bits per heavy atom. The van der Waals surface area contributed by atoms with Crippen molar-refractivity contribution in [3.8, 4) is 11.5 Å². The van der Waals surface area contributed by atoms with Gasteiger partial charge in [-0.2, -0.15) is 0 Å². The Kier molecular flexibility index (Phi) is 4.11. The molecule has 1 unspecified atom stereocenters. The number of fused-ring (bicyclic) bond motifs is 1. The Bertz CT molecular complexity index is 1030. The Balaban J connectivity index is 1.83. The molecule has 3 N–H and O–H groups in total. The maximum atomic E-state index is 10.8. The van der Waals surface area contributed by atoms with Gasteiger partial charge in [-0.3, -0.25) is 9.97 Å². The fourth-order valence-corrected chi connectivity index (χ4v) is 2.96. The molecule has 2 aromatic carbocycles. The number of pyridine rings is 2. The fraction of sp³-hybridized carbons (Fsp3) is 0.0476. The summed E-state index contributed by atoms with van der Waals surface area (Å²) in [5, 5.41) is 24.6. The van der Waals surface area contributed by atoms with Crippen molar-refractivity contribution < 1.29 is 10.2 Å². The van der Waals surface area contributed by atoms with E-state index in [-0.39, 0.29) is 17.5 Å². The summed E-state index contributed by atoms with van der Waals surface area (Å²) >= 11 is 0. The van der Waals surface area contributed by atoms with Crippen LogP contribution in [0.3, 0.4) is 0 Å². The number of rotatable bonds is 4. The summed E-state index contributed by atoms with van der Waals surface area (Å²) in [6, 6.07) is 19.6. The van der Waals surface area contributed by atoms with E-state index in [1.807, 2.05) is 42.5 Å². The monoisotopic (exact) mass is 343 g/mol. The first kappa shape index (κ1) is 15.9. The molecule has 0 amide bonds. The quantitative estimate of drug-likeness (QED) is 0.483. The van der Waals surface area contributed by atoms with Crippen molar-refractivity contribution in [1.29, 1.82) is 0 Å². The molecule has 1 atom stereocenters. The number of nitrogens with one attached hydrogen (secondary N) is 1. The summed E-state index contributed by atoms with van der Waals surface area (Å²) in [6.07, 6.45) is 3.38. The largest absolute Gasteiger partial charge is 0.508 e. The van der Waals surface area contributed by atoms with Crippen molar-refractivity contribution in [3.05, 3.63) is 90.4 Å². The lowest BCUT2D eigenvalue weighted by Crippen LogP contribution is -2.14. The lowest BCUT2D eigenvalue weighted by atomic mass is 9.99. The van der Waals surface area contributed by atoms with Gasteiger partial charge in [-0.1, -0.05) is 24.3 Å². The molecule has 4 rings (SSSR count). The topological polar surface area (TPSA) is 78.3 Å². The Labute approximate surface area is 150 Å². The van der Waals surface area contributed by atoms with Crippen LogP contribution in [0.1, 0.15) is 17.3 Å². The highest BCUT2D eigenvalue weighted by Crippen LogP contribution is 2.35. The summed E-state index contributed by atoms with van der Waals surface area (Å²) in [5.41, 5.74) is 2.81.